The molecule has 1 aromatic carbocycles. The third kappa shape index (κ3) is 6.55. The van der Waals surface area contributed by atoms with Crippen LogP contribution in [0.4, 0.5) is 5.69 Å². The zero-order chi connectivity index (χ0) is 21.4. The second-order valence-electron chi connectivity index (χ2n) is 7.80. The van der Waals surface area contributed by atoms with E-state index in [0.29, 0.717) is 37.5 Å². The van der Waals surface area contributed by atoms with Gasteiger partial charge >= 0.3 is 0 Å². The van der Waals surface area contributed by atoms with Crippen molar-refractivity contribution in [3.63, 3.8) is 0 Å². The van der Waals surface area contributed by atoms with Crippen LogP contribution in [0.1, 0.15) is 57.8 Å². The molecule has 164 valence electrons. The van der Waals surface area contributed by atoms with Crippen molar-refractivity contribution in [3.8, 4) is 0 Å². The van der Waals surface area contributed by atoms with E-state index in [-0.39, 0.29) is 23.3 Å². The number of aliphatic imine (C=N–C) groups is 1. The number of amidine groups is 1. The maximum atomic E-state index is 12.6. The van der Waals surface area contributed by atoms with Gasteiger partial charge in [-0.25, -0.2) is 8.42 Å². The summed E-state index contributed by atoms with van der Waals surface area (Å²) >= 11 is 0. The number of hydrogen-bond donors (Lipinski definition) is 2. The maximum Gasteiger partial charge on any atom is 0.262 e. The minimum Gasteiger partial charge on any atom is -0.333 e. The van der Waals surface area contributed by atoms with Crippen LogP contribution >= 0.6 is 0 Å². The molecule has 0 aromatic heterocycles. The molecule has 1 fully saturated rings. The van der Waals surface area contributed by atoms with Gasteiger partial charge in [0.1, 0.15) is 5.84 Å². The molecule has 0 radical (unpaired) electrons. The summed E-state index contributed by atoms with van der Waals surface area (Å²) in [6.07, 6.45) is 7.96. The molecule has 9 heteroatoms. The lowest BCUT2D eigenvalue weighted by molar-refractivity contribution is -0.135. The lowest BCUT2D eigenvalue weighted by atomic mass is 10.1. The molecular weight excluding hydrogens is 404 g/mol. The molecule has 0 spiro atoms. The van der Waals surface area contributed by atoms with Crippen LogP contribution in [0.3, 0.4) is 0 Å². The van der Waals surface area contributed by atoms with Crippen molar-refractivity contribution < 1.29 is 18.0 Å². The summed E-state index contributed by atoms with van der Waals surface area (Å²) in [7, 11) is -3.71. The fourth-order valence-electron chi connectivity index (χ4n) is 3.65. The first-order chi connectivity index (χ1) is 14.4. The zero-order valence-corrected chi connectivity index (χ0v) is 18.0. The van der Waals surface area contributed by atoms with Crippen LogP contribution in [-0.4, -0.2) is 50.6 Å². The van der Waals surface area contributed by atoms with E-state index < -0.39 is 10.0 Å². The Morgan fingerprint density at radius 2 is 1.67 bits per heavy atom. The SMILES string of the molecule is O=C(CN1CCCCCCC1=O)Nc1ccc(S(=O)(=O)NC2=NCCCCC2)cc1. The lowest BCUT2D eigenvalue weighted by Gasteiger charge is -2.24. The Balaban J connectivity index is 1.57. The predicted molar refractivity (Wildman–Crippen MR) is 116 cm³/mol. The van der Waals surface area contributed by atoms with Crippen LogP contribution in [0.2, 0.25) is 0 Å². The van der Waals surface area contributed by atoms with E-state index >= 15 is 0 Å². The Morgan fingerprint density at radius 1 is 0.967 bits per heavy atom. The number of hydrogen-bond acceptors (Lipinski definition) is 5. The van der Waals surface area contributed by atoms with Crippen LogP contribution in [0, 0.1) is 0 Å². The minimum atomic E-state index is -3.71. The highest BCUT2D eigenvalue weighted by Crippen LogP contribution is 2.16. The number of anilines is 1. The Labute approximate surface area is 178 Å². The molecule has 0 atom stereocenters. The van der Waals surface area contributed by atoms with E-state index in [9.17, 15) is 18.0 Å². The van der Waals surface area contributed by atoms with E-state index in [1.165, 1.54) is 12.1 Å². The van der Waals surface area contributed by atoms with Gasteiger partial charge in [0.15, 0.2) is 0 Å². The second-order valence-corrected chi connectivity index (χ2v) is 9.48. The van der Waals surface area contributed by atoms with Crippen LogP contribution in [0.25, 0.3) is 0 Å². The predicted octanol–water partition coefficient (Wildman–Crippen LogP) is 2.67. The number of carbonyl (C=O) groups is 2. The molecule has 0 saturated carbocycles. The van der Waals surface area contributed by atoms with Crippen molar-refractivity contribution in [3.05, 3.63) is 24.3 Å². The van der Waals surface area contributed by atoms with Crippen molar-refractivity contribution in [2.75, 3.05) is 25.0 Å². The number of nitrogens with zero attached hydrogens (tertiary/aromatic N) is 2. The summed E-state index contributed by atoms with van der Waals surface area (Å²) in [6, 6.07) is 6.01. The van der Waals surface area contributed by atoms with Gasteiger partial charge in [0.2, 0.25) is 11.8 Å². The first kappa shape index (κ1) is 22.3. The summed E-state index contributed by atoms with van der Waals surface area (Å²) in [5, 5.41) is 2.74. The van der Waals surface area contributed by atoms with Crippen LogP contribution in [0.5, 0.6) is 0 Å². The van der Waals surface area contributed by atoms with E-state index in [2.05, 4.69) is 15.0 Å². The molecule has 0 unspecified atom stereocenters. The summed E-state index contributed by atoms with van der Waals surface area (Å²) in [4.78, 5) is 30.5. The van der Waals surface area contributed by atoms with E-state index in [1.54, 1.807) is 17.0 Å². The molecule has 1 saturated heterocycles. The second kappa shape index (κ2) is 10.6. The quantitative estimate of drug-likeness (QED) is 0.743. The van der Waals surface area contributed by atoms with Crippen molar-refractivity contribution in [1.29, 1.82) is 0 Å². The first-order valence-corrected chi connectivity index (χ1v) is 12.2. The molecule has 1 aromatic rings. The van der Waals surface area contributed by atoms with Gasteiger partial charge in [0, 0.05) is 31.6 Å². The fourth-order valence-corrected chi connectivity index (χ4v) is 4.73. The third-order valence-corrected chi connectivity index (χ3v) is 6.73. The molecule has 2 N–H and O–H groups in total. The number of rotatable bonds is 5. The topological polar surface area (TPSA) is 108 Å². The summed E-state index contributed by atoms with van der Waals surface area (Å²) in [6.45, 7) is 1.25. The van der Waals surface area contributed by atoms with E-state index in [1.807, 2.05) is 0 Å². The molecule has 8 nitrogen and oxygen atoms in total. The van der Waals surface area contributed by atoms with Crippen LogP contribution in [-0.2, 0) is 19.6 Å². The van der Waals surface area contributed by atoms with E-state index in [4.69, 9.17) is 0 Å². The van der Waals surface area contributed by atoms with Gasteiger partial charge in [-0.3, -0.25) is 19.3 Å². The Kier molecular flexibility index (Phi) is 7.84. The molecule has 0 aliphatic carbocycles. The summed E-state index contributed by atoms with van der Waals surface area (Å²) in [5.74, 6) is 0.229. The largest absolute Gasteiger partial charge is 0.333 e. The highest BCUT2D eigenvalue weighted by atomic mass is 32.2. The number of nitrogens with one attached hydrogen (secondary N) is 2. The van der Waals surface area contributed by atoms with Crippen molar-refractivity contribution in [2.24, 2.45) is 4.99 Å². The average Bonchev–Trinajstić information content (AvgIpc) is 2.96. The molecule has 30 heavy (non-hydrogen) atoms. The van der Waals surface area contributed by atoms with Gasteiger partial charge < -0.3 is 10.2 Å². The Bertz CT molecular complexity index is 881. The van der Waals surface area contributed by atoms with Crippen LogP contribution < -0.4 is 10.0 Å². The normalized spacial score (nSPS) is 18.6. The monoisotopic (exact) mass is 434 g/mol. The number of carbonyl (C=O) groups excluding carboxylic acids is 2. The van der Waals surface area contributed by atoms with Gasteiger partial charge in [-0.15, -0.1) is 0 Å². The maximum absolute atomic E-state index is 12.6. The van der Waals surface area contributed by atoms with Gasteiger partial charge in [0.25, 0.3) is 10.0 Å². The fraction of sp³-hybridized carbons (Fsp3) is 0.571. The number of sulfonamides is 1. The zero-order valence-electron chi connectivity index (χ0n) is 17.2. The highest BCUT2D eigenvalue weighted by molar-refractivity contribution is 7.90. The van der Waals surface area contributed by atoms with Crippen molar-refractivity contribution in [1.82, 2.24) is 9.62 Å². The highest BCUT2D eigenvalue weighted by Gasteiger charge is 2.20. The Morgan fingerprint density at radius 3 is 2.47 bits per heavy atom. The molecule has 2 amide bonds. The minimum absolute atomic E-state index is 0.0128. The van der Waals surface area contributed by atoms with E-state index in [0.717, 1.165) is 44.9 Å². The number of benzene rings is 1. The van der Waals surface area contributed by atoms with Gasteiger partial charge in [-0.05, 0) is 49.9 Å². The lowest BCUT2D eigenvalue weighted by Crippen LogP contribution is -2.39. The van der Waals surface area contributed by atoms with Gasteiger partial charge in [-0.1, -0.05) is 19.3 Å². The number of amides is 2. The summed E-state index contributed by atoms with van der Waals surface area (Å²) < 4.78 is 27.7. The van der Waals surface area contributed by atoms with Gasteiger partial charge in [0.05, 0.1) is 11.4 Å². The number of likely N-dealkylation sites (tertiary alicyclic amines) is 1. The standard InChI is InChI=1S/C21H30N4O4S/c26-20(16-25-15-7-2-1-5-9-21(25)27)23-17-10-12-18(13-11-17)30(28,29)24-19-8-4-3-6-14-22-19/h10-13H,1-9,14-16H2,(H,22,24)(H,23,26). The molecule has 2 heterocycles. The molecule has 2 aliphatic rings. The molecule has 0 bridgehead atoms. The summed E-state index contributed by atoms with van der Waals surface area (Å²) in [5.41, 5.74) is 0.491. The molecule has 2 aliphatic heterocycles. The van der Waals surface area contributed by atoms with Crippen molar-refractivity contribution in [2.45, 2.75) is 62.7 Å². The van der Waals surface area contributed by atoms with Gasteiger partial charge in [-0.2, -0.15) is 0 Å². The Hall–Kier alpha value is -2.42. The first-order valence-electron chi connectivity index (χ1n) is 10.7. The molecule has 3 rings (SSSR count). The van der Waals surface area contributed by atoms with Crippen molar-refractivity contribution >= 4 is 33.4 Å². The smallest absolute Gasteiger partial charge is 0.262 e. The van der Waals surface area contributed by atoms with Crippen LogP contribution in [0.15, 0.2) is 34.2 Å². The third-order valence-electron chi connectivity index (χ3n) is 5.33. The average molecular weight is 435 g/mol. The molecular formula is C21H30N4O4S.